The maximum Gasteiger partial charge on any atom is 0.326 e. The summed E-state index contributed by atoms with van der Waals surface area (Å²) in [5.74, 6) is 0. The van der Waals surface area contributed by atoms with Crippen molar-refractivity contribution < 1.29 is 4.79 Å². The first-order valence-corrected chi connectivity index (χ1v) is 8.01. The minimum atomic E-state index is -0.250. The van der Waals surface area contributed by atoms with E-state index in [9.17, 15) is 4.79 Å². The Morgan fingerprint density at radius 1 is 1.17 bits per heavy atom. The van der Waals surface area contributed by atoms with Crippen LogP contribution in [0.25, 0.3) is 0 Å². The van der Waals surface area contributed by atoms with Gasteiger partial charge in [0.1, 0.15) is 0 Å². The normalized spacial score (nSPS) is 11.1. The molecule has 0 radical (unpaired) electrons. The average molecular weight is 326 g/mol. The second kappa shape index (κ2) is 8.71. The fourth-order valence-corrected chi connectivity index (χ4v) is 2.47. The lowest BCUT2D eigenvalue weighted by atomic mass is 10.1. The maximum absolute atomic E-state index is 11.8. The standard InChI is InChI=1S/C17H18N4OS/c1-13(11-14-5-3-2-4-6-14)19-17(22)21-23-20-16-9-7-15(12-18)8-10-16/h2-10,13,20H,11H2,1H3,(H2,19,21,22). The van der Waals surface area contributed by atoms with Gasteiger partial charge in [0.05, 0.1) is 23.8 Å². The number of carbonyl (C=O) groups is 1. The molecule has 1 unspecified atom stereocenters. The van der Waals surface area contributed by atoms with Gasteiger partial charge in [-0.2, -0.15) is 5.26 Å². The SMILES string of the molecule is CC(Cc1ccccc1)NC(=O)NSNc1ccc(C#N)cc1. The molecule has 1 atom stereocenters. The first-order chi connectivity index (χ1) is 11.2. The summed E-state index contributed by atoms with van der Waals surface area (Å²) in [6.07, 6.45) is 0.780. The lowest BCUT2D eigenvalue weighted by Gasteiger charge is -2.14. The molecule has 0 aliphatic rings. The van der Waals surface area contributed by atoms with E-state index in [0.717, 1.165) is 24.2 Å². The van der Waals surface area contributed by atoms with Crippen molar-refractivity contribution in [3.63, 3.8) is 0 Å². The molecule has 118 valence electrons. The number of rotatable bonds is 6. The lowest BCUT2D eigenvalue weighted by molar-refractivity contribution is 0.243. The number of nitriles is 1. The summed E-state index contributed by atoms with van der Waals surface area (Å²) < 4.78 is 5.65. The fourth-order valence-electron chi connectivity index (χ4n) is 2.02. The van der Waals surface area contributed by atoms with Crippen LogP contribution < -0.4 is 14.8 Å². The van der Waals surface area contributed by atoms with Gasteiger partial charge >= 0.3 is 6.03 Å². The highest BCUT2D eigenvalue weighted by Crippen LogP contribution is 2.12. The van der Waals surface area contributed by atoms with Crippen LogP contribution >= 0.6 is 12.1 Å². The monoisotopic (exact) mass is 326 g/mol. The average Bonchev–Trinajstić information content (AvgIpc) is 2.56. The van der Waals surface area contributed by atoms with E-state index >= 15 is 0 Å². The number of nitrogens with zero attached hydrogens (tertiary/aromatic N) is 1. The Bertz CT molecular complexity index is 667. The number of nitrogens with one attached hydrogen (secondary N) is 3. The highest BCUT2D eigenvalue weighted by atomic mass is 32.2. The van der Waals surface area contributed by atoms with Crippen molar-refractivity contribution in [3.05, 3.63) is 65.7 Å². The third-order valence-corrected chi connectivity index (χ3v) is 3.71. The molecular weight excluding hydrogens is 308 g/mol. The Hall–Kier alpha value is -2.65. The van der Waals surface area contributed by atoms with Gasteiger partial charge in [-0.05, 0) is 43.2 Å². The molecule has 23 heavy (non-hydrogen) atoms. The van der Waals surface area contributed by atoms with Crippen molar-refractivity contribution in [1.82, 2.24) is 10.0 Å². The number of anilines is 1. The van der Waals surface area contributed by atoms with Crippen molar-refractivity contribution >= 4 is 23.9 Å². The predicted octanol–water partition coefficient (Wildman–Crippen LogP) is 3.46. The van der Waals surface area contributed by atoms with Crippen LogP contribution in [0.4, 0.5) is 10.5 Å². The second-order valence-corrected chi connectivity index (χ2v) is 5.67. The van der Waals surface area contributed by atoms with Gasteiger partial charge in [0.2, 0.25) is 0 Å². The van der Waals surface area contributed by atoms with E-state index in [1.807, 2.05) is 37.3 Å². The molecule has 0 aromatic heterocycles. The van der Waals surface area contributed by atoms with Gasteiger partial charge in [-0.3, -0.25) is 4.72 Å². The van der Waals surface area contributed by atoms with Crippen molar-refractivity contribution in [2.24, 2.45) is 0 Å². The van der Waals surface area contributed by atoms with Gasteiger partial charge in [0.25, 0.3) is 0 Å². The maximum atomic E-state index is 11.8. The lowest BCUT2D eigenvalue weighted by Crippen LogP contribution is -2.39. The van der Waals surface area contributed by atoms with Crippen LogP contribution in [0, 0.1) is 11.3 Å². The van der Waals surface area contributed by atoms with Gasteiger partial charge in [-0.25, -0.2) is 4.79 Å². The van der Waals surface area contributed by atoms with Gasteiger partial charge in [0.15, 0.2) is 0 Å². The number of urea groups is 1. The van der Waals surface area contributed by atoms with Gasteiger partial charge in [-0.1, -0.05) is 30.3 Å². The summed E-state index contributed by atoms with van der Waals surface area (Å²) >= 11 is 1.08. The molecular formula is C17H18N4OS. The van der Waals surface area contributed by atoms with Crippen LogP contribution in [-0.2, 0) is 6.42 Å². The second-order valence-electron chi connectivity index (χ2n) is 5.06. The summed E-state index contributed by atoms with van der Waals surface area (Å²) in [4.78, 5) is 11.8. The summed E-state index contributed by atoms with van der Waals surface area (Å²) in [6, 6.07) is 18.8. The molecule has 0 aliphatic heterocycles. The van der Waals surface area contributed by atoms with Crippen LogP contribution in [0.1, 0.15) is 18.1 Å². The quantitative estimate of drug-likeness (QED) is 0.711. The Balaban J connectivity index is 1.69. The molecule has 0 bridgehead atoms. The molecule has 5 nitrogen and oxygen atoms in total. The van der Waals surface area contributed by atoms with E-state index in [-0.39, 0.29) is 12.1 Å². The van der Waals surface area contributed by atoms with Gasteiger partial charge < -0.3 is 10.0 Å². The largest absolute Gasteiger partial charge is 0.335 e. The Kier molecular flexibility index (Phi) is 6.33. The number of hydrogen-bond acceptors (Lipinski definition) is 4. The summed E-state index contributed by atoms with van der Waals surface area (Å²) in [7, 11) is 0. The van der Waals surface area contributed by atoms with E-state index in [1.54, 1.807) is 24.3 Å². The van der Waals surface area contributed by atoms with Crippen LogP contribution in [-0.4, -0.2) is 12.1 Å². The van der Waals surface area contributed by atoms with E-state index in [1.165, 1.54) is 5.56 Å². The Morgan fingerprint density at radius 3 is 2.52 bits per heavy atom. The molecule has 0 aliphatic carbocycles. The summed E-state index contributed by atoms with van der Waals surface area (Å²) in [5, 5.41) is 11.6. The molecule has 0 saturated carbocycles. The van der Waals surface area contributed by atoms with Crippen molar-refractivity contribution in [2.45, 2.75) is 19.4 Å². The van der Waals surface area contributed by atoms with Crippen LogP contribution in [0.5, 0.6) is 0 Å². The number of carbonyl (C=O) groups excluding carboxylic acids is 1. The molecule has 2 rings (SSSR count). The Morgan fingerprint density at radius 2 is 1.87 bits per heavy atom. The van der Waals surface area contributed by atoms with Crippen LogP contribution in [0.2, 0.25) is 0 Å². The summed E-state index contributed by atoms with van der Waals surface area (Å²) in [5.41, 5.74) is 2.59. The highest BCUT2D eigenvalue weighted by Gasteiger charge is 2.07. The van der Waals surface area contributed by atoms with Crippen LogP contribution in [0.15, 0.2) is 54.6 Å². The zero-order chi connectivity index (χ0) is 16.5. The van der Waals surface area contributed by atoms with E-state index in [2.05, 4.69) is 20.8 Å². The zero-order valence-corrected chi connectivity index (χ0v) is 13.6. The van der Waals surface area contributed by atoms with Gasteiger partial charge in [0, 0.05) is 11.7 Å². The number of amides is 2. The Labute approximate surface area is 140 Å². The summed E-state index contributed by atoms with van der Waals surface area (Å²) in [6.45, 7) is 1.96. The van der Waals surface area contributed by atoms with Crippen molar-refractivity contribution in [2.75, 3.05) is 4.72 Å². The van der Waals surface area contributed by atoms with E-state index < -0.39 is 0 Å². The third-order valence-electron chi connectivity index (χ3n) is 3.09. The topological polar surface area (TPSA) is 77.0 Å². The minimum absolute atomic E-state index is 0.0351. The van der Waals surface area contributed by atoms with Crippen molar-refractivity contribution in [3.8, 4) is 6.07 Å². The fraction of sp³-hybridized carbons (Fsp3) is 0.176. The number of benzene rings is 2. The number of hydrogen-bond donors (Lipinski definition) is 3. The first-order valence-electron chi connectivity index (χ1n) is 7.20. The minimum Gasteiger partial charge on any atom is -0.335 e. The highest BCUT2D eigenvalue weighted by molar-refractivity contribution is 7.99. The smallest absolute Gasteiger partial charge is 0.326 e. The molecule has 0 saturated heterocycles. The third kappa shape index (κ3) is 5.93. The molecule has 0 fully saturated rings. The van der Waals surface area contributed by atoms with Crippen molar-refractivity contribution in [1.29, 1.82) is 5.26 Å². The first kappa shape index (κ1) is 16.7. The molecule has 2 amide bonds. The van der Waals surface area contributed by atoms with E-state index in [4.69, 9.17) is 5.26 Å². The predicted molar refractivity (Wildman–Crippen MR) is 93.6 cm³/mol. The molecule has 2 aromatic rings. The zero-order valence-electron chi connectivity index (χ0n) is 12.7. The molecule has 3 N–H and O–H groups in total. The van der Waals surface area contributed by atoms with E-state index in [0.29, 0.717) is 5.56 Å². The molecule has 0 heterocycles. The molecule has 6 heteroatoms. The molecule has 0 spiro atoms. The van der Waals surface area contributed by atoms with Crippen LogP contribution in [0.3, 0.4) is 0 Å². The van der Waals surface area contributed by atoms with Gasteiger partial charge in [-0.15, -0.1) is 0 Å². The molecule has 2 aromatic carbocycles.